The number of likely N-dealkylation sites (N-methyl/N-ethyl adjacent to an activating group) is 4. The number of aromatic nitrogens is 2. The van der Waals surface area contributed by atoms with Gasteiger partial charge in [0.15, 0.2) is 0 Å². The number of para-hydroxylation sites is 1. The maximum atomic E-state index is 15.5. The molecule has 3 heterocycles. The first-order chi connectivity index (χ1) is 60.9. The summed E-state index contributed by atoms with van der Waals surface area (Å²) in [5, 5.41) is 58.0. The molecular formula is C91H115N17O19S. The Morgan fingerprint density at radius 3 is 1.48 bits per heavy atom. The molecule has 16 N–H and O–H groups in total. The summed E-state index contributed by atoms with van der Waals surface area (Å²) in [6.07, 6.45) is 2.82. The molecule has 5 aromatic carbocycles. The van der Waals surface area contributed by atoms with Crippen molar-refractivity contribution in [1.82, 2.24) is 82.7 Å². The summed E-state index contributed by atoms with van der Waals surface area (Å²) in [7, 11) is 5.22. The fourth-order valence-corrected chi connectivity index (χ4v) is 15.4. The van der Waals surface area contributed by atoms with Crippen LogP contribution >= 0.6 is 11.8 Å². The van der Waals surface area contributed by atoms with E-state index in [2.05, 4.69) is 63.1 Å². The second-order valence-electron chi connectivity index (χ2n) is 32.5. The molecule has 15 amide bonds. The number of nitrogens with two attached hydrogens (primary N) is 1. The Morgan fingerprint density at radius 1 is 0.484 bits per heavy atom. The maximum absolute atomic E-state index is 15.5. The van der Waals surface area contributed by atoms with E-state index in [9.17, 15) is 63.3 Å². The highest BCUT2D eigenvalue weighted by Gasteiger charge is 2.41. The van der Waals surface area contributed by atoms with Crippen LogP contribution in [0.1, 0.15) is 100 Å². The average Bonchev–Trinajstić information content (AvgIpc) is 1.75. The number of H-pyrrole nitrogens is 1. The summed E-state index contributed by atoms with van der Waals surface area (Å²) in [6.45, 7) is 6.09. The Bertz CT molecular complexity index is 5030. The minimum absolute atomic E-state index is 0.0267. The van der Waals surface area contributed by atoms with Crippen LogP contribution in [0.25, 0.3) is 10.9 Å². The number of nitrogens with one attached hydrogen (secondary N) is 11. The number of rotatable bonds is 23. The van der Waals surface area contributed by atoms with E-state index in [0.717, 1.165) is 26.5 Å². The van der Waals surface area contributed by atoms with Crippen LogP contribution in [0.15, 0.2) is 164 Å². The van der Waals surface area contributed by atoms with Crippen molar-refractivity contribution in [3.63, 3.8) is 0 Å². The first kappa shape index (κ1) is 99.7. The van der Waals surface area contributed by atoms with E-state index in [0.29, 0.717) is 57.1 Å². The third kappa shape index (κ3) is 30.6. The molecule has 0 bridgehead atoms. The molecule has 36 nitrogen and oxygen atoms in total. The van der Waals surface area contributed by atoms with Gasteiger partial charge in [-0.25, -0.2) is 0 Å². The van der Waals surface area contributed by atoms with Crippen molar-refractivity contribution in [2.24, 2.45) is 17.6 Å². The smallest absolute Gasteiger partial charge is 0.305 e. The molecule has 0 aliphatic carbocycles. The number of phenols is 2. The van der Waals surface area contributed by atoms with Gasteiger partial charge in [0.05, 0.1) is 31.8 Å². The van der Waals surface area contributed by atoms with Crippen molar-refractivity contribution >= 4 is 117 Å². The minimum Gasteiger partial charge on any atom is -0.508 e. The summed E-state index contributed by atoms with van der Waals surface area (Å²) in [5.74, 6) is -17.7. The number of carbonyl (C=O) groups excluding carboxylic acids is 15. The highest BCUT2D eigenvalue weighted by molar-refractivity contribution is 8.00. The Morgan fingerprint density at radius 2 is 0.938 bits per heavy atom. The largest absolute Gasteiger partial charge is 0.508 e. The lowest BCUT2D eigenvalue weighted by Gasteiger charge is -2.37. The number of benzene rings is 5. The number of aromatic amines is 1. The summed E-state index contributed by atoms with van der Waals surface area (Å²) in [4.78, 5) is 245. The van der Waals surface area contributed by atoms with Gasteiger partial charge < -0.3 is 98.8 Å². The number of fused-ring (bicyclic) bond motifs is 1. The zero-order chi connectivity index (χ0) is 93.4. The van der Waals surface area contributed by atoms with Crippen molar-refractivity contribution < 1.29 is 92.0 Å². The molecule has 128 heavy (non-hydrogen) atoms. The van der Waals surface area contributed by atoms with E-state index >= 15 is 28.8 Å². The van der Waals surface area contributed by atoms with E-state index in [4.69, 9.17) is 5.73 Å². The SMILES string of the molecule is CCCC[C@H]1C(=O)N(C)CC(=O)N[C@@H](CC(=O)O)C(=O)N[C@@H](C(C)C)C(=O)N[C@@H](Cc2ccncc2)C(=O)N[C@@H](Cc2ccc(O)cc2)C(=O)N(C)CC(=O)N[C@@H](Cc2c[nH]c3ccccc23)C(=O)N[C@@H](Cc2ccc(O)cc2)C(=O)N[C@@H](CC(C)C)C(=O)N[C@H](C(=O)NCC(N)=O)CSCC(=O)N[C@@H](Cc2ccccc2)C(=O)N(C)C(Cc2ccccc2)C(=O)N1C. The molecule has 1 fully saturated rings. The molecule has 2 aromatic heterocycles. The molecule has 1 saturated heterocycles. The Hall–Kier alpha value is -13.7. The fraction of sp³-hybridized carbons (Fsp3) is 0.418. The molecule has 0 spiro atoms. The van der Waals surface area contributed by atoms with Crippen LogP contribution in [0.2, 0.25) is 0 Å². The second kappa shape index (κ2) is 48.7. The Labute approximate surface area is 745 Å². The van der Waals surface area contributed by atoms with Gasteiger partial charge in [-0.3, -0.25) is 81.7 Å². The van der Waals surface area contributed by atoms with Crippen LogP contribution in [0.5, 0.6) is 11.5 Å². The Kier molecular flexibility index (Phi) is 37.9. The van der Waals surface area contributed by atoms with E-state index < -0.39 is 199 Å². The number of hydrogen-bond donors (Lipinski definition) is 15. The number of carboxylic acid groups (broad SMARTS) is 1. The van der Waals surface area contributed by atoms with Crippen LogP contribution in [0, 0.1) is 11.8 Å². The number of amides is 15. The first-order valence-electron chi connectivity index (χ1n) is 42.1. The zero-order valence-corrected chi connectivity index (χ0v) is 73.8. The van der Waals surface area contributed by atoms with Gasteiger partial charge in [-0.05, 0) is 101 Å². The number of nitrogens with zero attached hydrogens (tertiary/aromatic N) is 5. The number of unbranched alkanes of at least 4 members (excludes halogenated alkanes) is 1. The second-order valence-corrected chi connectivity index (χ2v) is 33.6. The average molecular weight is 1780 g/mol. The normalized spacial score (nSPS) is 21.9. The molecule has 7 aromatic rings. The molecule has 0 radical (unpaired) electrons. The first-order valence-corrected chi connectivity index (χ1v) is 43.3. The predicted octanol–water partition coefficient (Wildman–Crippen LogP) is 1.38. The van der Waals surface area contributed by atoms with Crippen LogP contribution in [-0.4, -0.2) is 265 Å². The predicted molar refractivity (Wildman–Crippen MR) is 475 cm³/mol. The van der Waals surface area contributed by atoms with Crippen molar-refractivity contribution in [2.75, 3.05) is 59.3 Å². The summed E-state index contributed by atoms with van der Waals surface area (Å²) in [5.41, 5.74) is 9.00. The molecule has 1 unspecified atom stereocenters. The number of phenolic OH excluding ortho intramolecular Hbond substituents is 2. The number of aromatic hydroxyl groups is 2. The number of pyridine rings is 1. The molecule has 8 rings (SSSR count). The lowest BCUT2D eigenvalue weighted by atomic mass is 9.99. The maximum Gasteiger partial charge on any atom is 0.305 e. The molecule has 1 aliphatic rings. The number of hydrogen-bond acceptors (Lipinski definition) is 20. The van der Waals surface area contributed by atoms with E-state index in [1.807, 2.05) is 6.92 Å². The van der Waals surface area contributed by atoms with Gasteiger partial charge in [-0.15, -0.1) is 11.8 Å². The van der Waals surface area contributed by atoms with E-state index in [1.54, 1.807) is 117 Å². The van der Waals surface area contributed by atoms with Crippen LogP contribution in [-0.2, 0) is 115 Å². The molecule has 37 heteroatoms. The number of thioether (sulfide) groups is 1. The standard InChI is InChI=1S/C91H115N17O19S/c1-10-11-26-73-90(126)106(7)50-77(113)97-69(46-79(115)116)86(122)104-80(54(4)5)87(123)101-67(41-59-35-37-93-38-36-59)84(120)102-70(43-58-29-33-62(110)34-30-58)88(124)105(6)49-76(112)96-68(45-60-47-94-64-25-19-18-24-63(60)64)85(121)100-66(40-57-27-31-61(109)32-28-57)83(119)99-65(39-53(2)3)82(118)103-72(81(117)95-48-75(92)111)51-128-52-78(114)98-71(42-55-20-14-12-15-21-55)89(125)108(9)74(91(127)107(73)8)44-56-22-16-13-17-23-56/h12-25,27-38,47,53-54,65-74,80,94,109-110H,10-11,26,39-46,48-52H2,1-9H3,(H2,92,111)(H,95,117)(H,96,112)(H,97,113)(H,98,114)(H,99,119)(H,100,121)(H,101,123)(H,102,120)(H,103,118)(H,104,122)(H,115,116)/t65-,66-,67-,68-,69-,70-,71-,72-,73-,74?,80-/m0/s1. The lowest BCUT2D eigenvalue weighted by Crippen LogP contribution is -2.61. The van der Waals surface area contributed by atoms with Crippen LogP contribution in [0.3, 0.4) is 0 Å². The fourth-order valence-electron chi connectivity index (χ4n) is 14.6. The van der Waals surface area contributed by atoms with Crippen molar-refractivity contribution in [3.8, 4) is 11.5 Å². The lowest BCUT2D eigenvalue weighted by molar-refractivity contribution is -0.151. The van der Waals surface area contributed by atoms with Crippen LogP contribution in [0.4, 0.5) is 0 Å². The molecule has 1 aliphatic heterocycles. The number of carboxylic acids is 1. The highest BCUT2D eigenvalue weighted by atomic mass is 32.2. The van der Waals surface area contributed by atoms with Gasteiger partial charge in [0.1, 0.15) is 78.0 Å². The topological polar surface area (TPSA) is 522 Å². The summed E-state index contributed by atoms with van der Waals surface area (Å²) < 4.78 is 0. The van der Waals surface area contributed by atoms with Gasteiger partial charge in [-0.2, -0.15) is 0 Å². The summed E-state index contributed by atoms with van der Waals surface area (Å²) >= 11 is 0.827. The van der Waals surface area contributed by atoms with Gasteiger partial charge in [0, 0.05) is 102 Å². The monoisotopic (exact) mass is 1780 g/mol. The van der Waals surface area contributed by atoms with Crippen molar-refractivity contribution in [3.05, 3.63) is 198 Å². The zero-order valence-electron chi connectivity index (χ0n) is 73.0. The summed E-state index contributed by atoms with van der Waals surface area (Å²) in [6, 6.07) is 21.6. The van der Waals surface area contributed by atoms with Gasteiger partial charge in [0.2, 0.25) is 88.6 Å². The van der Waals surface area contributed by atoms with Crippen LogP contribution < -0.4 is 58.9 Å². The molecular weight excluding hydrogens is 1670 g/mol. The van der Waals surface area contributed by atoms with Gasteiger partial charge in [-0.1, -0.05) is 151 Å². The van der Waals surface area contributed by atoms with Crippen molar-refractivity contribution in [1.29, 1.82) is 0 Å². The third-order valence-electron chi connectivity index (χ3n) is 21.5. The quantitative estimate of drug-likeness (QED) is 0.0430. The van der Waals surface area contributed by atoms with E-state index in [1.165, 1.54) is 108 Å². The highest BCUT2D eigenvalue weighted by Crippen LogP contribution is 2.24. The third-order valence-corrected chi connectivity index (χ3v) is 22.5. The molecule has 684 valence electrons. The van der Waals surface area contributed by atoms with Gasteiger partial charge >= 0.3 is 5.97 Å². The van der Waals surface area contributed by atoms with Gasteiger partial charge in [0.25, 0.3) is 0 Å². The number of primary amides is 1. The Balaban J connectivity index is 1.20. The minimum atomic E-state index is -1.91. The van der Waals surface area contributed by atoms with E-state index in [-0.39, 0.29) is 74.5 Å². The molecule has 11 atom stereocenters. The molecule has 0 saturated carbocycles. The number of aliphatic carboxylic acids is 1. The number of carbonyl (C=O) groups is 16. The van der Waals surface area contributed by atoms with Crippen molar-refractivity contribution in [2.45, 2.75) is 172 Å².